The largest absolute Gasteiger partial charge is 0.134 e. The predicted molar refractivity (Wildman–Crippen MR) is 115 cm³/mol. The van der Waals surface area contributed by atoms with Crippen LogP contribution in [-0.4, -0.2) is 0 Å². The lowest BCUT2D eigenvalue weighted by Crippen LogP contribution is -1.80. The lowest BCUT2D eigenvalue weighted by Gasteiger charge is -2.06. The van der Waals surface area contributed by atoms with Gasteiger partial charge in [-0.1, -0.05) is 90.5 Å². The van der Waals surface area contributed by atoms with Crippen LogP contribution in [0.2, 0.25) is 5.02 Å². The molecular formula is C24H15ClS. The summed E-state index contributed by atoms with van der Waals surface area (Å²) in [4.78, 5) is 0. The number of rotatable bonds is 2. The molecule has 4 aromatic carbocycles. The van der Waals surface area contributed by atoms with Crippen LogP contribution in [0.3, 0.4) is 0 Å². The van der Waals surface area contributed by atoms with Crippen LogP contribution in [-0.2, 0) is 0 Å². The summed E-state index contributed by atoms with van der Waals surface area (Å²) in [6.07, 6.45) is 0. The number of hydrogen-bond donors (Lipinski definition) is 0. The summed E-state index contributed by atoms with van der Waals surface area (Å²) in [5.41, 5.74) is 4.98. The first kappa shape index (κ1) is 15.6. The molecule has 5 rings (SSSR count). The molecule has 0 saturated carbocycles. The predicted octanol–water partition coefficient (Wildman–Crippen LogP) is 8.04. The van der Waals surface area contributed by atoms with Crippen LogP contribution in [0.15, 0.2) is 91.0 Å². The van der Waals surface area contributed by atoms with Gasteiger partial charge in [-0.05, 0) is 34.4 Å². The molecule has 0 saturated heterocycles. The summed E-state index contributed by atoms with van der Waals surface area (Å²) in [6.45, 7) is 0. The summed E-state index contributed by atoms with van der Waals surface area (Å²) in [5, 5.41) is 3.22. The lowest BCUT2D eigenvalue weighted by atomic mass is 9.99. The summed E-state index contributed by atoms with van der Waals surface area (Å²) in [5.74, 6) is 0. The topological polar surface area (TPSA) is 0 Å². The Morgan fingerprint density at radius 2 is 1.27 bits per heavy atom. The number of halogens is 1. The zero-order valence-corrected chi connectivity index (χ0v) is 15.5. The summed E-state index contributed by atoms with van der Waals surface area (Å²) in [7, 11) is 0. The van der Waals surface area contributed by atoms with Gasteiger partial charge in [0.1, 0.15) is 0 Å². The molecule has 0 N–H and O–H groups in total. The highest BCUT2D eigenvalue weighted by Gasteiger charge is 2.12. The van der Waals surface area contributed by atoms with Crippen molar-refractivity contribution >= 4 is 43.1 Å². The van der Waals surface area contributed by atoms with Gasteiger partial charge in [0.25, 0.3) is 0 Å². The highest BCUT2D eigenvalue weighted by molar-refractivity contribution is 7.26. The highest BCUT2D eigenvalue weighted by atomic mass is 35.5. The van der Waals surface area contributed by atoms with Crippen molar-refractivity contribution in [3.05, 3.63) is 96.0 Å². The molecule has 5 aromatic rings. The molecular weight excluding hydrogens is 356 g/mol. The van der Waals surface area contributed by atoms with Crippen LogP contribution in [0.5, 0.6) is 0 Å². The van der Waals surface area contributed by atoms with Crippen molar-refractivity contribution < 1.29 is 0 Å². The van der Waals surface area contributed by atoms with Gasteiger partial charge in [-0.2, -0.15) is 0 Å². The van der Waals surface area contributed by atoms with Crippen LogP contribution in [0.25, 0.3) is 42.4 Å². The molecule has 0 radical (unpaired) electrons. The number of benzene rings is 4. The van der Waals surface area contributed by atoms with Gasteiger partial charge in [0.2, 0.25) is 0 Å². The minimum atomic E-state index is 0.824. The molecule has 0 fully saturated rings. The molecule has 124 valence electrons. The maximum absolute atomic E-state index is 6.47. The zero-order valence-electron chi connectivity index (χ0n) is 13.9. The number of fused-ring (bicyclic) bond motifs is 3. The fraction of sp³-hybridized carbons (Fsp3) is 0. The molecule has 0 amide bonds. The molecule has 1 aromatic heterocycles. The molecule has 0 bridgehead atoms. The fourth-order valence-electron chi connectivity index (χ4n) is 3.50. The van der Waals surface area contributed by atoms with Crippen molar-refractivity contribution in [1.29, 1.82) is 0 Å². The SMILES string of the molecule is Clc1cccc2sc3c(-c4ccc(-c5ccccc5)cc4)cccc3c12. The van der Waals surface area contributed by atoms with Crippen molar-refractivity contribution in [3.8, 4) is 22.3 Å². The summed E-state index contributed by atoms with van der Waals surface area (Å²) < 4.78 is 2.53. The van der Waals surface area contributed by atoms with E-state index in [9.17, 15) is 0 Å². The molecule has 0 spiro atoms. The maximum atomic E-state index is 6.47. The molecule has 2 heteroatoms. The van der Waals surface area contributed by atoms with E-state index in [1.54, 1.807) is 0 Å². The Morgan fingerprint density at radius 3 is 2.08 bits per heavy atom. The summed E-state index contributed by atoms with van der Waals surface area (Å²) in [6, 6.07) is 31.9. The van der Waals surface area contributed by atoms with E-state index in [1.165, 1.54) is 37.0 Å². The quantitative estimate of drug-likeness (QED) is 0.295. The first-order valence-corrected chi connectivity index (χ1v) is 9.76. The van der Waals surface area contributed by atoms with Gasteiger partial charge in [0, 0.05) is 25.2 Å². The molecule has 0 aliphatic heterocycles. The maximum Gasteiger partial charge on any atom is 0.0499 e. The zero-order chi connectivity index (χ0) is 17.5. The Hall–Kier alpha value is -2.61. The second-order valence-corrected chi connectivity index (χ2v) is 7.80. The Labute approximate surface area is 161 Å². The van der Waals surface area contributed by atoms with Crippen LogP contribution in [0.4, 0.5) is 0 Å². The molecule has 0 unspecified atom stereocenters. The normalized spacial score (nSPS) is 11.3. The first-order valence-electron chi connectivity index (χ1n) is 8.57. The molecule has 1 heterocycles. The van der Waals surface area contributed by atoms with Gasteiger partial charge in [-0.15, -0.1) is 11.3 Å². The van der Waals surface area contributed by atoms with Gasteiger partial charge in [0.15, 0.2) is 0 Å². The minimum Gasteiger partial charge on any atom is -0.134 e. The first-order chi connectivity index (χ1) is 12.8. The summed E-state index contributed by atoms with van der Waals surface area (Å²) >= 11 is 8.28. The Balaban J connectivity index is 1.67. The van der Waals surface area contributed by atoms with Gasteiger partial charge in [-0.3, -0.25) is 0 Å². The van der Waals surface area contributed by atoms with E-state index in [0.717, 1.165) is 10.4 Å². The molecule has 26 heavy (non-hydrogen) atoms. The fourth-order valence-corrected chi connectivity index (χ4v) is 5.10. The van der Waals surface area contributed by atoms with E-state index in [-0.39, 0.29) is 0 Å². The van der Waals surface area contributed by atoms with Crippen molar-refractivity contribution in [2.24, 2.45) is 0 Å². The highest BCUT2D eigenvalue weighted by Crippen LogP contribution is 2.42. The third kappa shape index (κ3) is 2.52. The molecule has 0 nitrogen and oxygen atoms in total. The van der Waals surface area contributed by atoms with Crippen LogP contribution in [0, 0.1) is 0 Å². The van der Waals surface area contributed by atoms with Gasteiger partial charge >= 0.3 is 0 Å². The molecule has 0 atom stereocenters. The Morgan fingerprint density at radius 1 is 0.577 bits per heavy atom. The second-order valence-electron chi connectivity index (χ2n) is 6.34. The Bertz CT molecular complexity index is 1220. The second kappa shape index (κ2) is 6.28. The van der Waals surface area contributed by atoms with E-state index in [2.05, 4.69) is 72.8 Å². The molecule has 0 aliphatic carbocycles. The van der Waals surface area contributed by atoms with Crippen LogP contribution < -0.4 is 0 Å². The van der Waals surface area contributed by atoms with Gasteiger partial charge < -0.3 is 0 Å². The third-order valence-electron chi connectivity index (χ3n) is 4.77. The van der Waals surface area contributed by atoms with Crippen molar-refractivity contribution in [2.45, 2.75) is 0 Å². The smallest absolute Gasteiger partial charge is 0.0499 e. The van der Waals surface area contributed by atoms with Crippen molar-refractivity contribution in [2.75, 3.05) is 0 Å². The van der Waals surface area contributed by atoms with Gasteiger partial charge in [0.05, 0.1) is 0 Å². The monoisotopic (exact) mass is 370 g/mol. The number of thiophene rings is 1. The Kier molecular flexibility index (Phi) is 3.77. The van der Waals surface area contributed by atoms with Crippen molar-refractivity contribution in [3.63, 3.8) is 0 Å². The standard InChI is InChI=1S/C24H15ClS/c25-21-10-5-11-22-23(21)20-9-4-8-19(24(20)26-22)18-14-12-17(13-15-18)16-6-2-1-3-7-16/h1-15H. The van der Waals surface area contributed by atoms with E-state index >= 15 is 0 Å². The third-order valence-corrected chi connectivity index (χ3v) is 6.29. The van der Waals surface area contributed by atoms with E-state index in [1.807, 2.05) is 29.5 Å². The average Bonchev–Trinajstić information content (AvgIpc) is 3.09. The minimum absolute atomic E-state index is 0.824. The molecule has 0 aliphatic rings. The average molecular weight is 371 g/mol. The van der Waals surface area contributed by atoms with Crippen LogP contribution in [0.1, 0.15) is 0 Å². The van der Waals surface area contributed by atoms with E-state index in [4.69, 9.17) is 11.6 Å². The van der Waals surface area contributed by atoms with E-state index in [0.29, 0.717) is 0 Å². The van der Waals surface area contributed by atoms with Gasteiger partial charge in [-0.25, -0.2) is 0 Å². The van der Waals surface area contributed by atoms with Crippen LogP contribution >= 0.6 is 22.9 Å². The lowest BCUT2D eigenvalue weighted by molar-refractivity contribution is 1.61. The van der Waals surface area contributed by atoms with E-state index < -0.39 is 0 Å². The number of hydrogen-bond acceptors (Lipinski definition) is 1. The van der Waals surface area contributed by atoms with Crippen molar-refractivity contribution in [1.82, 2.24) is 0 Å².